The molecule has 9 atom stereocenters. The van der Waals surface area contributed by atoms with Gasteiger partial charge in [-0.2, -0.15) is 0 Å². The second kappa shape index (κ2) is 8.84. The second-order valence-electron chi connectivity index (χ2n) is 12.4. The number of aliphatic hydroxyl groups is 1. The monoisotopic (exact) mass is 430 g/mol. The summed E-state index contributed by atoms with van der Waals surface area (Å²) in [6, 6.07) is 0. The van der Waals surface area contributed by atoms with Crippen LogP contribution in [0.1, 0.15) is 98.3 Å². The predicted molar refractivity (Wildman–Crippen MR) is 125 cm³/mol. The van der Waals surface area contributed by atoms with E-state index in [0.29, 0.717) is 18.3 Å². The highest BCUT2D eigenvalue weighted by molar-refractivity contribution is 5.77. The largest absolute Gasteiger partial charge is 0.459 e. The number of rotatable bonds is 4. The van der Waals surface area contributed by atoms with Gasteiger partial charge in [-0.3, -0.25) is 4.79 Å². The Kier molecular flexibility index (Phi) is 6.65. The number of carbonyl (C=O) groups excluding carboxylic acids is 1. The lowest BCUT2D eigenvalue weighted by molar-refractivity contribution is -0.191. The molecule has 0 spiro atoms. The third kappa shape index (κ3) is 4.13. The lowest BCUT2D eigenvalue weighted by atomic mass is 9.43. The molecule has 4 rings (SSSR count). The molecule has 0 aliphatic heterocycles. The van der Waals surface area contributed by atoms with Crippen LogP contribution in [0.3, 0.4) is 0 Å². The van der Waals surface area contributed by atoms with Gasteiger partial charge in [-0.25, -0.2) is 0 Å². The Bertz CT molecular complexity index is 671. The van der Waals surface area contributed by atoms with Crippen molar-refractivity contribution >= 4 is 5.97 Å². The highest BCUT2D eigenvalue weighted by Gasteiger charge is 2.60. The molecule has 9 unspecified atom stereocenters. The van der Waals surface area contributed by atoms with Gasteiger partial charge in [-0.1, -0.05) is 33.3 Å². The summed E-state index contributed by atoms with van der Waals surface area (Å²) >= 11 is 0. The summed E-state index contributed by atoms with van der Waals surface area (Å²) in [4.78, 5) is 13.7. The van der Waals surface area contributed by atoms with Crippen LogP contribution in [0, 0.1) is 46.3 Å². The Labute approximate surface area is 190 Å². The van der Waals surface area contributed by atoms with E-state index in [9.17, 15) is 9.90 Å². The minimum Gasteiger partial charge on any atom is -0.459 e. The van der Waals surface area contributed by atoms with E-state index in [4.69, 9.17) is 4.74 Å². The SMILES string of the molecule is C=CC1CCC(O)C(OC(=O)C2(C)CCCC3(C)C4CCC(C(C)C)CC4CCC23)C1. The van der Waals surface area contributed by atoms with Crippen molar-refractivity contribution in [2.45, 2.75) is 111 Å². The van der Waals surface area contributed by atoms with Gasteiger partial charge in [0.05, 0.1) is 11.5 Å². The molecule has 4 aliphatic rings. The standard InChI is InChI=1S/C28H46O3/c1-6-19-8-12-23(29)24(16-19)31-26(30)28(5)15-7-14-27(4)22-11-9-20(18(2)3)17-21(22)10-13-25(27)28/h6,18-25,29H,1,7-17H2,2-5H3. The highest BCUT2D eigenvalue weighted by atomic mass is 16.6. The summed E-state index contributed by atoms with van der Waals surface area (Å²) in [7, 11) is 0. The van der Waals surface area contributed by atoms with Gasteiger partial charge in [-0.15, -0.1) is 6.58 Å². The van der Waals surface area contributed by atoms with Crippen LogP contribution in [0.2, 0.25) is 0 Å². The molecule has 4 saturated carbocycles. The maximum Gasteiger partial charge on any atom is 0.312 e. The third-order valence-electron chi connectivity index (χ3n) is 10.5. The zero-order valence-corrected chi connectivity index (χ0v) is 20.4. The van der Waals surface area contributed by atoms with E-state index in [1.807, 2.05) is 6.08 Å². The van der Waals surface area contributed by atoms with E-state index in [0.717, 1.165) is 55.8 Å². The molecular weight excluding hydrogens is 384 g/mol. The van der Waals surface area contributed by atoms with Gasteiger partial charge in [0.25, 0.3) is 0 Å². The summed E-state index contributed by atoms with van der Waals surface area (Å²) < 4.78 is 6.12. The molecule has 0 bridgehead atoms. The number of aliphatic hydroxyl groups excluding tert-OH is 1. The van der Waals surface area contributed by atoms with Crippen molar-refractivity contribution in [2.24, 2.45) is 46.3 Å². The van der Waals surface area contributed by atoms with Gasteiger partial charge in [0, 0.05) is 0 Å². The first-order chi connectivity index (χ1) is 14.7. The first kappa shape index (κ1) is 23.3. The van der Waals surface area contributed by atoms with Crippen LogP contribution in [0.4, 0.5) is 0 Å². The van der Waals surface area contributed by atoms with Gasteiger partial charge in [0.1, 0.15) is 6.10 Å². The van der Waals surface area contributed by atoms with Crippen LogP contribution < -0.4 is 0 Å². The van der Waals surface area contributed by atoms with Crippen molar-refractivity contribution in [1.82, 2.24) is 0 Å². The van der Waals surface area contributed by atoms with Crippen molar-refractivity contribution in [3.8, 4) is 0 Å². The Balaban J connectivity index is 1.50. The average molecular weight is 431 g/mol. The van der Waals surface area contributed by atoms with Gasteiger partial charge in [0.15, 0.2) is 0 Å². The molecule has 3 heteroatoms. The fourth-order valence-corrected chi connectivity index (χ4v) is 8.48. The predicted octanol–water partition coefficient (Wildman–Crippen LogP) is 6.54. The Morgan fingerprint density at radius 1 is 1.06 bits per heavy atom. The molecule has 4 aliphatic carbocycles. The molecule has 0 aromatic heterocycles. The number of esters is 1. The summed E-state index contributed by atoms with van der Waals surface area (Å²) in [5.74, 6) is 4.00. The number of ether oxygens (including phenoxy) is 1. The fourth-order valence-electron chi connectivity index (χ4n) is 8.48. The zero-order chi connectivity index (χ0) is 22.4. The molecule has 31 heavy (non-hydrogen) atoms. The van der Waals surface area contributed by atoms with Gasteiger partial charge in [-0.05, 0) is 112 Å². The molecular formula is C28H46O3. The molecule has 0 saturated heterocycles. The molecule has 0 radical (unpaired) electrons. The van der Waals surface area contributed by atoms with Gasteiger partial charge < -0.3 is 9.84 Å². The van der Waals surface area contributed by atoms with Crippen LogP contribution in [-0.4, -0.2) is 23.3 Å². The van der Waals surface area contributed by atoms with Crippen molar-refractivity contribution in [3.63, 3.8) is 0 Å². The quantitative estimate of drug-likeness (QED) is 0.407. The summed E-state index contributed by atoms with van der Waals surface area (Å²) in [6.45, 7) is 13.4. The lowest BCUT2D eigenvalue weighted by Crippen LogP contribution is -2.57. The first-order valence-corrected chi connectivity index (χ1v) is 13.2. The zero-order valence-electron chi connectivity index (χ0n) is 20.4. The molecule has 176 valence electrons. The normalized spacial score (nSPS) is 47.9. The third-order valence-corrected chi connectivity index (χ3v) is 10.5. The number of allylic oxidation sites excluding steroid dienone is 1. The molecule has 1 N–H and O–H groups in total. The first-order valence-electron chi connectivity index (χ1n) is 13.2. The highest BCUT2D eigenvalue weighted by Crippen LogP contribution is 2.64. The molecule has 0 heterocycles. The van der Waals surface area contributed by atoms with E-state index in [1.165, 1.54) is 32.1 Å². The molecule has 3 nitrogen and oxygen atoms in total. The van der Waals surface area contributed by atoms with E-state index < -0.39 is 11.5 Å². The number of fused-ring (bicyclic) bond motifs is 3. The van der Waals surface area contributed by atoms with Crippen molar-refractivity contribution in [2.75, 3.05) is 0 Å². The maximum absolute atomic E-state index is 13.7. The van der Waals surface area contributed by atoms with Gasteiger partial charge >= 0.3 is 5.97 Å². The smallest absolute Gasteiger partial charge is 0.312 e. The second-order valence-corrected chi connectivity index (χ2v) is 12.4. The van der Waals surface area contributed by atoms with Crippen LogP contribution >= 0.6 is 0 Å². The van der Waals surface area contributed by atoms with Crippen molar-refractivity contribution in [1.29, 1.82) is 0 Å². The lowest BCUT2D eigenvalue weighted by Gasteiger charge is -2.61. The summed E-state index contributed by atoms with van der Waals surface area (Å²) in [5.41, 5.74) is -0.153. The number of hydrogen-bond donors (Lipinski definition) is 1. The van der Waals surface area contributed by atoms with E-state index in [-0.39, 0.29) is 17.5 Å². The van der Waals surface area contributed by atoms with Crippen molar-refractivity contribution < 1.29 is 14.6 Å². The molecule has 0 aromatic rings. The Morgan fingerprint density at radius 3 is 2.55 bits per heavy atom. The Hall–Kier alpha value is -0.830. The maximum atomic E-state index is 13.7. The van der Waals surface area contributed by atoms with Crippen LogP contribution in [0.25, 0.3) is 0 Å². The fraction of sp³-hybridized carbons (Fsp3) is 0.893. The molecule has 0 aromatic carbocycles. The summed E-state index contributed by atoms with van der Waals surface area (Å²) in [6.07, 6.45) is 13.3. The molecule has 0 amide bonds. The van der Waals surface area contributed by atoms with Gasteiger partial charge in [0.2, 0.25) is 0 Å². The minimum atomic E-state index is -0.527. The minimum absolute atomic E-state index is 0.0356. The molecule has 4 fully saturated rings. The van der Waals surface area contributed by atoms with Crippen LogP contribution in [0.15, 0.2) is 12.7 Å². The van der Waals surface area contributed by atoms with E-state index >= 15 is 0 Å². The van der Waals surface area contributed by atoms with Crippen LogP contribution in [0.5, 0.6) is 0 Å². The number of hydrogen-bond acceptors (Lipinski definition) is 3. The van der Waals surface area contributed by atoms with E-state index in [1.54, 1.807) is 0 Å². The Morgan fingerprint density at radius 2 is 1.84 bits per heavy atom. The van der Waals surface area contributed by atoms with Crippen LogP contribution in [-0.2, 0) is 9.53 Å². The number of carbonyl (C=O) groups is 1. The van der Waals surface area contributed by atoms with Crippen molar-refractivity contribution in [3.05, 3.63) is 12.7 Å². The average Bonchev–Trinajstić information content (AvgIpc) is 2.74. The van der Waals surface area contributed by atoms with E-state index in [2.05, 4.69) is 34.3 Å². The topological polar surface area (TPSA) is 46.5 Å². The summed E-state index contributed by atoms with van der Waals surface area (Å²) in [5, 5.41) is 10.5.